The molecule has 1 unspecified atom stereocenters. The number of nitrogens with two attached hydrogens (primary N) is 1. The van der Waals surface area contributed by atoms with Crippen LogP contribution in [0.1, 0.15) is 18.7 Å². The predicted molar refractivity (Wildman–Crippen MR) is 67.8 cm³/mol. The third kappa shape index (κ3) is 2.61. The first-order valence-corrected chi connectivity index (χ1v) is 5.86. The Kier molecular flexibility index (Phi) is 4.02. The highest BCUT2D eigenvalue weighted by Crippen LogP contribution is 2.29. The van der Waals surface area contributed by atoms with Gasteiger partial charge in [-0.25, -0.2) is 5.43 Å². The average molecular weight is 255 g/mol. The van der Waals surface area contributed by atoms with E-state index in [1.54, 1.807) is 6.07 Å². The van der Waals surface area contributed by atoms with Crippen LogP contribution in [0.5, 0.6) is 0 Å². The number of hydrogen-bond donors (Lipinski definition) is 2. The highest BCUT2D eigenvalue weighted by molar-refractivity contribution is 6.34. The Hall–Kier alpha value is -1.07. The normalized spacial score (nSPS) is 13.1. The van der Waals surface area contributed by atoms with Gasteiger partial charge >= 0.3 is 0 Å². The molecule has 0 amide bonds. The highest BCUT2D eigenvalue weighted by Gasteiger charge is 2.16. The molecule has 1 aromatic carbocycles. The minimum atomic E-state index is -0.168. The second kappa shape index (κ2) is 5.51. The van der Waals surface area contributed by atoms with Crippen molar-refractivity contribution in [1.29, 1.82) is 0 Å². The Bertz CT molecular complexity index is 498. The molecule has 0 radical (unpaired) electrons. The van der Waals surface area contributed by atoms with Crippen molar-refractivity contribution in [2.45, 2.75) is 13.0 Å². The average Bonchev–Trinajstić information content (AvgIpc) is 2.75. The summed E-state index contributed by atoms with van der Waals surface area (Å²) < 4.78 is 11.0. The van der Waals surface area contributed by atoms with Gasteiger partial charge in [0.2, 0.25) is 0 Å². The van der Waals surface area contributed by atoms with Crippen LogP contribution in [0.4, 0.5) is 0 Å². The van der Waals surface area contributed by atoms with E-state index in [1.165, 1.54) is 0 Å². The van der Waals surface area contributed by atoms with E-state index in [9.17, 15) is 0 Å². The molecule has 92 valence electrons. The van der Waals surface area contributed by atoms with Gasteiger partial charge in [0.15, 0.2) is 5.58 Å². The fraction of sp³-hybridized carbons (Fsp3) is 0.333. The number of hydrazine groups is 1. The van der Waals surface area contributed by atoms with Gasteiger partial charge in [0.1, 0.15) is 11.8 Å². The number of hydrogen-bond acceptors (Lipinski definition) is 4. The lowest BCUT2D eigenvalue weighted by atomic mass is 10.2. The van der Waals surface area contributed by atoms with Crippen LogP contribution in [0.3, 0.4) is 0 Å². The van der Waals surface area contributed by atoms with Crippen LogP contribution in [0.2, 0.25) is 5.02 Å². The quantitative estimate of drug-likeness (QED) is 0.636. The molecule has 2 rings (SSSR count). The summed E-state index contributed by atoms with van der Waals surface area (Å²) in [6.07, 6.45) is 0. The third-order valence-corrected chi connectivity index (χ3v) is 2.85. The predicted octanol–water partition coefficient (Wildman–Crippen LogP) is 2.63. The van der Waals surface area contributed by atoms with Crippen molar-refractivity contribution < 1.29 is 9.15 Å². The van der Waals surface area contributed by atoms with E-state index in [0.29, 0.717) is 23.8 Å². The molecule has 0 spiro atoms. The molecule has 2 aromatic rings. The van der Waals surface area contributed by atoms with Gasteiger partial charge in [0.05, 0.1) is 11.6 Å². The molecule has 0 aliphatic rings. The molecule has 0 saturated carbocycles. The van der Waals surface area contributed by atoms with Gasteiger partial charge in [-0.15, -0.1) is 0 Å². The smallest absolute Gasteiger partial charge is 0.152 e. The molecule has 5 heteroatoms. The monoisotopic (exact) mass is 254 g/mol. The molecule has 0 bridgehead atoms. The fourth-order valence-electron chi connectivity index (χ4n) is 1.67. The SMILES string of the molecule is CCOCC(NN)c1cc2cccc(Cl)c2o1. The van der Waals surface area contributed by atoms with Crippen LogP contribution in [0.15, 0.2) is 28.7 Å². The molecule has 0 fully saturated rings. The van der Waals surface area contributed by atoms with Gasteiger partial charge in [-0.1, -0.05) is 23.7 Å². The van der Waals surface area contributed by atoms with Crippen LogP contribution in [0.25, 0.3) is 11.0 Å². The second-order valence-corrected chi connectivity index (χ2v) is 4.09. The first-order chi connectivity index (χ1) is 8.26. The Morgan fingerprint density at radius 1 is 1.53 bits per heavy atom. The van der Waals surface area contributed by atoms with Gasteiger partial charge in [-0.05, 0) is 19.1 Å². The van der Waals surface area contributed by atoms with Crippen LogP contribution >= 0.6 is 11.6 Å². The van der Waals surface area contributed by atoms with Crippen LogP contribution in [-0.4, -0.2) is 13.2 Å². The molecular formula is C12H15ClN2O2. The van der Waals surface area contributed by atoms with E-state index >= 15 is 0 Å². The molecule has 1 atom stereocenters. The van der Waals surface area contributed by atoms with E-state index in [2.05, 4.69) is 5.43 Å². The first-order valence-electron chi connectivity index (χ1n) is 5.48. The topological polar surface area (TPSA) is 60.4 Å². The maximum Gasteiger partial charge on any atom is 0.152 e. The van der Waals surface area contributed by atoms with Crippen LogP contribution in [0, 0.1) is 0 Å². The lowest BCUT2D eigenvalue weighted by Gasteiger charge is -2.12. The lowest BCUT2D eigenvalue weighted by molar-refractivity contribution is 0.117. The molecule has 0 saturated heterocycles. The zero-order chi connectivity index (χ0) is 12.3. The number of nitrogens with one attached hydrogen (secondary N) is 1. The van der Waals surface area contributed by atoms with Crippen molar-refractivity contribution in [3.05, 3.63) is 35.0 Å². The summed E-state index contributed by atoms with van der Waals surface area (Å²) in [5.74, 6) is 6.21. The Balaban J connectivity index is 2.31. The molecule has 0 aliphatic carbocycles. The molecule has 1 heterocycles. The minimum absolute atomic E-state index is 0.168. The molecule has 4 nitrogen and oxygen atoms in total. The Morgan fingerprint density at radius 2 is 2.35 bits per heavy atom. The van der Waals surface area contributed by atoms with E-state index in [-0.39, 0.29) is 6.04 Å². The van der Waals surface area contributed by atoms with Crippen molar-refractivity contribution in [3.8, 4) is 0 Å². The Labute approximate surface area is 105 Å². The Morgan fingerprint density at radius 3 is 3.00 bits per heavy atom. The summed E-state index contributed by atoms with van der Waals surface area (Å²) in [5.41, 5.74) is 3.35. The van der Waals surface area contributed by atoms with Gasteiger partial charge in [0.25, 0.3) is 0 Å². The van der Waals surface area contributed by atoms with Crippen molar-refractivity contribution in [3.63, 3.8) is 0 Å². The number of furan rings is 1. The molecule has 3 N–H and O–H groups in total. The summed E-state index contributed by atoms with van der Waals surface area (Å²) in [4.78, 5) is 0. The number of rotatable bonds is 5. The number of benzene rings is 1. The van der Waals surface area contributed by atoms with Gasteiger partial charge < -0.3 is 9.15 Å². The summed E-state index contributed by atoms with van der Waals surface area (Å²) in [7, 11) is 0. The van der Waals surface area contributed by atoms with Crippen molar-refractivity contribution in [1.82, 2.24) is 5.43 Å². The highest BCUT2D eigenvalue weighted by atomic mass is 35.5. The van der Waals surface area contributed by atoms with E-state index < -0.39 is 0 Å². The number of fused-ring (bicyclic) bond motifs is 1. The van der Waals surface area contributed by atoms with Crippen molar-refractivity contribution in [2.75, 3.05) is 13.2 Å². The molecule has 0 aliphatic heterocycles. The first kappa shape index (κ1) is 12.4. The van der Waals surface area contributed by atoms with E-state index in [1.807, 2.05) is 25.1 Å². The largest absolute Gasteiger partial charge is 0.458 e. The fourth-order valence-corrected chi connectivity index (χ4v) is 1.89. The minimum Gasteiger partial charge on any atom is -0.458 e. The van der Waals surface area contributed by atoms with Crippen LogP contribution in [-0.2, 0) is 4.74 Å². The molecular weight excluding hydrogens is 240 g/mol. The number of para-hydroxylation sites is 1. The molecule has 1 aromatic heterocycles. The lowest BCUT2D eigenvalue weighted by Crippen LogP contribution is -2.31. The van der Waals surface area contributed by atoms with Gasteiger partial charge in [-0.2, -0.15) is 0 Å². The van der Waals surface area contributed by atoms with Gasteiger partial charge in [0, 0.05) is 12.0 Å². The van der Waals surface area contributed by atoms with Crippen LogP contribution < -0.4 is 11.3 Å². The zero-order valence-electron chi connectivity index (χ0n) is 9.57. The maximum absolute atomic E-state index is 6.05. The summed E-state index contributed by atoms with van der Waals surface area (Å²) >= 11 is 6.05. The molecule has 17 heavy (non-hydrogen) atoms. The number of ether oxygens (including phenoxy) is 1. The third-order valence-electron chi connectivity index (χ3n) is 2.55. The van der Waals surface area contributed by atoms with Gasteiger partial charge in [-0.3, -0.25) is 5.84 Å². The van der Waals surface area contributed by atoms with E-state index in [0.717, 1.165) is 11.1 Å². The summed E-state index contributed by atoms with van der Waals surface area (Å²) in [5, 5.41) is 1.56. The second-order valence-electron chi connectivity index (χ2n) is 3.69. The maximum atomic E-state index is 6.05. The number of halogens is 1. The summed E-state index contributed by atoms with van der Waals surface area (Å²) in [6.45, 7) is 3.03. The zero-order valence-corrected chi connectivity index (χ0v) is 10.3. The van der Waals surface area contributed by atoms with Crippen molar-refractivity contribution >= 4 is 22.6 Å². The summed E-state index contributed by atoms with van der Waals surface area (Å²) in [6, 6.07) is 7.38. The van der Waals surface area contributed by atoms with E-state index in [4.69, 9.17) is 26.6 Å². The van der Waals surface area contributed by atoms with Crippen molar-refractivity contribution in [2.24, 2.45) is 5.84 Å². The standard InChI is InChI=1S/C12H15ClN2O2/c1-2-16-7-10(15-14)11-6-8-4-3-5-9(13)12(8)17-11/h3-6,10,15H,2,7,14H2,1H3.